The van der Waals surface area contributed by atoms with E-state index < -0.39 is 10.0 Å². The molecule has 0 heterocycles. The molecule has 0 saturated heterocycles. The maximum Gasteiger partial charge on any atom is 0.240 e. The first-order valence-electron chi connectivity index (χ1n) is 6.45. The van der Waals surface area contributed by atoms with Gasteiger partial charge in [-0.05, 0) is 49.9 Å². The van der Waals surface area contributed by atoms with Crippen LogP contribution in [0.2, 0.25) is 0 Å². The van der Waals surface area contributed by atoms with Crippen LogP contribution in [0.25, 0.3) is 0 Å². The fourth-order valence-electron chi connectivity index (χ4n) is 1.96. The van der Waals surface area contributed by atoms with Gasteiger partial charge in [-0.25, -0.2) is 13.1 Å². The van der Waals surface area contributed by atoms with E-state index in [0.29, 0.717) is 17.4 Å². The lowest BCUT2D eigenvalue weighted by molar-refractivity contribution is 0.316. The topological polar surface area (TPSA) is 58.2 Å². The largest absolute Gasteiger partial charge is 0.385 e. The summed E-state index contributed by atoms with van der Waals surface area (Å²) in [6, 6.07) is 6.87. The molecule has 1 aliphatic carbocycles. The van der Waals surface area contributed by atoms with Crippen LogP contribution in [0.1, 0.15) is 26.2 Å². The van der Waals surface area contributed by atoms with E-state index in [4.69, 9.17) is 0 Å². The van der Waals surface area contributed by atoms with E-state index in [9.17, 15) is 8.42 Å². The van der Waals surface area contributed by atoms with Crippen molar-refractivity contribution in [3.8, 4) is 0 Å². The molecule has 0 radical (unpaired) electrons. The number of nitrogens with one attached hydrogen (secondary N) is 2. The fourth-order valence-corrected chi connectivity index (χ4v) is 3.08. The third-order valence-electron chi connectivity index (χ3n) is 3.33. The van der Waals surface area contributed by atoms with Crippen LogP contribution in [0.5, 0.6) is 0 Å². The number of hydrogen-bond acceptors (Lipinski definition) is 3. The van der Waals surface area contributed by atoms with Crippen molar-refractivity contribution >= 4 is 15.7 Å². The summed E-state index contributed by atoms with van der Waals surface area (Å²) in [5.41, 5.74) is 0.940. The van der Waals surface area contributed by atoms with Gasteiger partial charge in [0.05, 0.1) is 4.90 Å². The van der Waals surface area contributed by atoms with Gasteiger partial charge in [0.1, 0.15) is 0 Å². The molecule has 1 aromatic rings. The Morgan fingerprint density at radius 1 is 1.22 bits per heavy atom. The lowest BCUT2D eigenvalue weighted by Crippen LogP contribution is -2.32. The monoisotopic (exact) mass is 268 g/mol. The second-order valence-corrected chi connectivity index (χ2v) is 6.47. The summed E-state index contributed by atoms with van der Waals surface area (Å²) in [5, 5.41) is 3.14. The molecule has 1 aromatic carbocycles. The van der Waals surface area contributed by atoms with Crippen molar-refractivity contribution in [3.63, 3.8) is 0 Å². The number of hydrogen-bond donors (Lipinski definition) is 2. The molecule has 100 valence electrons. The summed E-state index contributed by atoms with van der Waals surface area (Å²) < 4.78 is 26.7. The first-order valence-corrected chi connectivity index (χ1v) is 7.94. The molecule has 2 rings (SSSR count). The fraction of sp³-hybridized carbons (Fsp3) is 0.538. The molecule has 18 heavy (non-hydrogen) atoms. The van der Waals surface area contributed by atoms with Crippen LogP contribution in [-0.4, -0.2) is 21.5 Å². The van der Waals surface area contributed by atoms with Crippen LogP contribution >= 0.6 is 0 Å². The Kier molecular flexibility index (Phi) is 4.24. The molecule has 4 nitrogen and oxygen atoms in total. The highest BCUT2D eigenvalue weighted by Crippen LogP contribution is 2.25. The summed E-state index contributed by atoms with van der Waals surface area (Å²) in [4.78, 5) is 0.337. The molecule has 0 amide bonds. The highest BCUT2D eigenvalue weighted by atomic mass is 32.2. The Labute approximate surface area is 109 Å². The molecule has 0 aliphatic heterocycles. The number of benzene rings is 1. The predicted octanol–water partition coefficient (Wildman–Crippen LogP) is 2.20. The van der Waals surface area contributed by atoms with E-state index in [2.05, 4.69) is 10.0 Å². The molecule has 5 heteroatoms. The van der Waals surface area contributed by atoms with Gasteiger partial charge in [-0.15, -0.1) is 0 Å². The van der Waals surface area contributed by atoms with E-state index in [1.807, 2.05) is 6.92 Å². The third kappa shape index (κ3) is 3.23. The van der Waals surface area contributed by atoms with Gasteiger partial charge in [0, 0.05) is 18.8 Å². The van der Waals surface area contributed by atoms with Crippen LogP contribution in [0.15, 0.2) is 29.2 Å². The number of rotatable bonds is 6. The summed E-state index contributed by atoms with van der Waals surface area (Å²) in [5.74, 6) is 0.529. The van der Waals surface area contributed by atoms with E-state index >= 15 is 0 Å². The Hall–Kier alpha value is -1.07. The summed E-state index contributed by atoms with van der Waals surface area (Å²) in [6.45, 7) is 3.40. The molecular formula is C13H20N2O2S. The molecule has 0 unspecified atom stereocenters. The van der Waals surface area contributed by atoms with Gasteiger partial charge in [0.15, 0.2) is 0 Å². The number of sulfonamides is 1. The van der Waals surface area contributed by atoms with Crippen molar-refractivity contribution in [2.24, 2.45) is 5.92 Å². The van der Waals surface area contributed by atoms with Gasteiger partial charge in [-0.3, -0.25) is 0 Å². The van der Waals surface area contributed by atoms with Crippen LogP contribution in [0.3, 0.4) is 0 Å². The molecule has 0 spiro atoms. The van der Waals surface area contributed by atoms with Crippen molar-refractivity contribution in [2.75, 3.05) is 18.4 Å². The van der Waals surface area contributed by atoms with Gasteiger partial charge in [0.25, 0.3) is 0 Å². The van der Waals surface area contributed by atoms with E-state index in [0.717, 1.165) is 25.1 Å². The highest BCUT2D eigenvalue weighted by molar-refractivity contribution is 7.89. The zero-order chi connectivity index (χ0) is 13.0. The summed E-state index contributed by atoms with van der Waals surface area (Å²) in [7, 11) is -3.34. The zero-order valence-electron chi connectivity index (χ0n) is 10.6. The van der Waals surface area contributed by atoms with Gasteiger partial charge >= 0.3 is 0 Å². The predicted molar refractivity (Wildman–Crippen MR) is 73.1 cm³/mol. The first kappa shape index (κ1) is 13.4. The number of anilines is 1. The minimum atomic E-state index is -3.34. The van der Waals surface area contributed by atoms with E-state index in [1.54, 1.807) is 24.3 Å². The smallest absolute Gasteiger partial charge is 0.240 e. The van der Waals surface area contributed by atoms with Crippen LogP contribution in [-0.2, 0) is 10.0 Å². The van der Waals surface area contributed by atoms with Crippen molar-refractivity contribution in [1.82, 2.24) is 4.72 Å². The van der Waals surface area contributed by atoms with Gasteiger partial charge in [-0.1, -0.05) is 6.42 Å². The summed E-state index contributed by atoms with van der Waals surface area (Å²) >= 11 is 0. The summed E-state index contributed by atoms with van der Waals surface area (Å²) in [6.07, 6.45) is 3.51. The van der Waals surface area contributed by atoms with E-state index in [1.165, 1.54) is 6.42 Å². The van der Waals surface area contributed by atoms with Crippen molar-refractivity contribution in [3.05, 3.63) is 24.3 Å². The quantitative estimate of drug-likeness (QED) is 0.831. The average molecular weight is 268 g/mol. The van der Waals surface area contributed by atoms with Crippen LogP contribution in [0, 0.1) is 5.92 Å². The minimum Gasteiger partial charge on any atom is -0.385 e. The van der Waals surface area contributed by atoms with Gasteiger partial charge in [-0.2, -0.15) is 0 Å². The van der Waals surface area contributed by atoms with Crippen molar-refractivity contribution < 1.29 is 8.42 Å². The molecule has 2 N–H and O–H groups in total. The van der Waals surface area contributed by atoms with Crippen molar-refractivity contribution in [2.45, 2.75) is 31.1 Å². The Bertz CT molecular complexity index is 478. The molecule has 0 aromatic heterocycles. The molecule has 1 saturated carbocycles. The second-order valence-electron chi connectivity index (χ2n) is 4.70. The van der Waals surface area contributed by atoms with Gasteiger partial charge in [0.2, 0.25) is 10.0 Å². The zero-order valence-corrected chi connectivity index (χ0v) is 11.5. The Balaban J connectivity index is 1.99. The third-order valence-corrected chi connectivity index (χ3v) is 4.77. The Morgan fingerprint density at radius 3 is 2.39 bits per heavy atom. The molecule has 1 aliphatic rings. The normalized spacial score (nSPS) is 16.3. The molecule has 0 bridgehead atoms. The van der Waals surface area contributed by atoms with Crippen LogP contribution < -0.4 is 10.0 Å². The molecule has 0 atom stereocenters. The van der Waals surface area contributed by atoms with E-state index in [-0.39, 0.29) is 0 Å². The standard InChI is InChI=1S/C13H20N2O2S/c1-2-14-12-6-8-13(9-7-12)18(16,17)15-10-11-4-3-5-11/h6-9,11,14-15H,2-5,10H2,1H3. The Morgan fingerprint density at radius 2 is 1.89 bits per heavy atom. The average Bonchev–Trinajstić information content (AvgIpc) is 2.28. The maximum atomic E-state index is 12.0. The van der Waals surface area contributed by atoms with Crippen molar-refractivity contribution in [1.29, 1.82) is 0 Å². The minimum absolute atomic E-state index is 0.337. The van der Waals surface area contributed by atoms with Gasteiger partial charge < -0.3 is 5.32 Å². The lowest BCUT2D eigenvalue weighted by Gasteiger charge is -2.25. The van der Waals surface area contributed by atoms with Crippen LogP contribution in [0.4, 0.5) is 5.69 Å². The maximum absolute atomic E-state index is 12.0. The lowest BCUT2D eigenvalue weighted by atomic mass is 9.86. The molecule has 1 fully saturated rings. The highest BCUT2D eigenvalue weighted by Gasteiger charge is 2.21. The SMILES string of the molecule is CCNc1ccc(S(=O)(=O)NCC2CCC2)cc1. The molecular weight excluding hydrogens is 248 g/mol. The first-order chi connectivity index (χ1) is 8.62. The second kappa shape index (κ2) is 5.71.